The number of nitrogens with zero attached hydrogens (tertiary/aromatic N) is 2. The average Bonchev–Trinajstić information content (AvgIpc) is 2.21. The third-order valence-corrected chi connectivity index (χ3v) is 3.94. The molecule has 0 atom stereocenters. The zero-order valence-electron chi connectivity index (χ0n) is 14.8. The molecule has 0 bridgehead atoms. The Labute approximate surface area is 132 Å². The predicted octanol–water partition coefficient (Wildman–Crippen LogP) is 2.18. The Morgan fingerprint density at radius 3 is 2.09 bits per heavy atom. The number of hydrogen-bond donors (Lipinski definition) is 3. The molecule has 1 aliphatic rings. The Balaban J connectivity index is 2.18. The minimum Gasteiger partial charge on any atom is -0.352 e. The van der Waals surface area contributed by atoms with Gasteiger partial charge >= 0.3 is 0 Å². The van der Waals surface area contributed by atoms with Crippen LogP contribution in [0.4, 0.5) is 5.95 Å². The molecule has 22 heavy (non-hydrogen) atoms. The van der Waals surface area contributed by atoms with Crippen molar-refractivity contribution in [3.63, 3.8) is 0 Å². The first kappa shape index (κ1) is 16.9. The maximum absolute atomic E-state index is 12.2. The van der Waals surface area contributed by atoms with Gasteiger partial charge in [-0.1, -0.05) is 20.8 Å². The van der Waals surface area contributed by atoms with Crippen LogP contribution in [0.1, 0.15) is 67.0 Å². The zero-order chi connectivity index (χ0) is 16.8. The first-order valence-electron chi connectivity index (χ1n) is 7.91. The van der Waals surface area contributed by atoms with Gasteiger partial charge in [-0.25, -0.2) is 0 Å². The van der Waals surface area contributed by atoms with Crippen LogP contribution >= 0.6 is 0 Å². The Morgan fingerprint density at radius 2 is 1.64 bits per heavy atom. The van der Waals surface area contributed by atoms with Crippen molar-refractivity contribution >= 4 is 5.95 Å². The molecule has 0 aliphatic carbocycles. The predicted molar refractivity (Wildman–Crippen MR) is 89.3 cm³/mol. The molecule has 1 aromatic rings. The maximum Gasteiger partial charge on any atom is 0.274 e. The average molecular weight is 307 g/mol. The highest BCUT2D eigenvalue weighted by Crippen LogP contribution is 2.29. The molecule has 2 rings (SSSR count). The second kappa shape index (κ2) is 5.33. The van der Waals surface area contributed by atoms with Crippen LogP contribution < -0.4 is 16.2 Å². The van der Waals surface area contributed by atoms with Crippen molar-refractivity contribution in [2.24, 2.45) is 0 Å². The van der Waals surface area contributed by atoms with Crippen molar-refractivity contribution in [2.75, 3.05) is 5.32 Å². The first-order chi connectivity index (χ1) is 9.88. The van der Waals surface area contributed by atoms with Crippen LogP contribution in [0.15, 0.2) is 4.79 Å². The highest BCUT2D eigenvalue weighted by atomic mass is 16.1. The lowest BCUT2D eigenvalue weighted by atomic mass is 9.80. The second-order valence-corrected chi connectivity index (χ2v) is 8.74. The van der Waals surface area contributed by atoms with E-state index in [1.54, 1.807) is 0 Å². The summed E-state index contributed by atoms with van der Waals surface area (Å²) in [5.41, 5.74) is 0.0657. The van der Waals surface area contributed by atoms with Crippen LogP contribution in [-0.2, 0) is 5.41 Å². The van der Waals surface area contributed by atoms with Gasteiger partial charge in [0.1, 0.15) is 5.69 Å². The van der Waals surface area contributed by atoms with Gasteiger partial charge in [-0.05, 0) is 40.5 Å². The molecular weight excluding hydrogens is 278 g/mol. The molecule has 1 aromatic heterocycles. The van der Waals surface area contributed by atoms with E-state index in [0.717, 1.165) is 12.8 Å². The third-order valence-electron chi connectivity index (χ3n) is 3.94. The van der Waals surface area contributed by atoms with Gasteiger partial charge in [-0.3, -0.25) is 9.78 Å². The van der Waals surface area contributed by atoms with E-state index in [1.165, 1.54) is 0 Å². The summed E-state index contributed by atoms with van der Waals surface area (Å²) in [5.74, 6) is 0.455. The standard InChI is InChI=1S/C16H29N5O/c1-14(2,3)11-12(22)18-13(20-19-11)17-10-8-15(4,5)21-16(6,7)9-10/h10,21H,8-9H2,1-7H3,(H2,17,18,20,22). The van der Waals surface area contributed by atoms with E-state index in [1.807, 2.05) is 20.8 Å². The van der Waals surface area contributed by atoms with Crippen molar-refractivity contribution in [3.8, 4) is 0 Å². The molecule has 0 amide bonds. The molecule has 1 saturated heterocycles. The SMILES string of the molecule is CC1(C)CC(Nc2nnc(C(C)(C)C)c(=O)[nH]2)CC(C)(C)N1. The van der Waals surface area contributed by atoms with Gasteiger partial charge in [0.25, 0.3) is 5.56 Å². The number of H-pyrrole nitrogens is 1. The minimum absolute atomic E-state index is 0.0402. The Kier molecular flexibility index (Phi) is 4.11. The second-order valence-electron chi connectivity index (χ2n) is 8.74. The summed E-state index contributed by atoms with van der Waals surface area (Å²) in [4.78, 5) is 15.0. The molecule has 6 heteroatoms. The lowest BCUT2D eigenvalue weighted by Gasteiger charge is -2.46. The van der Waals surface area contributed by atoms with E-state index in [4.69, 9.17) is 0 Å². The summed E-state index contributed by atoms with van der Waals surface area (Å²) in [5, 5.41) is 15.3. The fraction of sp³-hybridized carbons (Fsp3) is 0.812. The molecule has 1 aliphatic heterocycles. The van der Waals surface area contributed by atoms with Gasteiger partial charge in [0.15, 0.2) is 0 Å². The van der Waals surface area contributed by atoms with Gasteiger partial charge < -0.3 is 10.6 Å². The highest BCUT2D eigenvalue weighted by molar-refractivity contribution is 5.26. The normalized spacial score (nSPS) is 21.6. The first-order valence-corrected chi connectivity index (χ1v) is 7.91. The fourth-order valence-electron chi connectivity index (χ4n) is 3.51. The summed E-state index contributed by atoms with van der Waals surface area (Å²) in [7, 11) is 0. The number of anilines is 1. The lowest BCUT2D eigenvalue weighted by molar-refractivity contribution is 0.170. The molecule has 3 N–H and O–H groups in total. The quantitative estimate of drug-likeness (QED) is 0.780. The van der Waals surface area contributed by atoms with Crippen LogP contribution in [0.25, 0.3) is 0 Å². The topological polar surface area (TPSA) is 82.7 Å². The van der Waals surface area contributed by atoms with Crippen molar-refractivity contribution < 1.29 is 0 Å². The Morgan fingerprint density at radius 1 is 1.09 bits per heavy atom. The zero-order valence-corrected chi connectivity index (χ0v) is 14.8. The van der Waals surface area contributed by atoms with E-state index >= 15 is 0 Å². The van der Waals surface area contributed by atoms with E-state index in [2.05, 4.69) is 53.5 Å². The number of piperidine rings is 1. The maximum atomic E-state index is 12.2. The van der Waals surface area contributed by atoms with Crippen LogP contribution in [0.2, 0.25) is 0 Å². The lowest BCUT2D eigenvalue weighted by Crippen LogP contribution is -2.60. The summed E-state index contributed by atoms with van der Waals surface area (Å²) in [6.07, 6.45) is 1.92. The third kappa shape index (κ3) is 4.06. The van der Waals surface area contributed by atoms with Crippen LogP contribution in [-0.4, -0.2) is 32.3 Å². The molecule has 124 valence electrons. The number of hydrogen-bond acceptors (Lipinski definition) is 5. The van der Waals surface area contributed by atoms with Crippen molar-refractivity contribution in [1.29, 1.82) is 0 Å². The minimum atomic E-state index is -0.308. The van der Waals surface area contributed by atoms with E-state index in [9.17, 15) is 4.79 Å². The summed E-state index contributed by atoms with van der Waals surface area (Å²) in [6.45, 7) is 14.6. The van der Waals surface area contributed by atoms with E-state index < -0.39 is 0 Å². The molecule has 0 aromatic carbocycles. The summed E-state index contributed by atoms with van der Waals surface area (Å²) < 4.78 is 0. The smallest absolute Gasteiger partial charge is 0.274 e. The van der Waals surface area contributed by atoms with Crippen LogP contribution in [0.3, 0.4) is 0 Å². The van der Waals surface area contributed by atoms with Crippen LogP contribution in [0, 0.1) is 0 Å². The summed E-state index contributed by atoms with van der Waals surface area (Å²) >= 11 is 0. The van der Waals surface area contributed by atoms with E-state index in [-0.39, 0.29) is 28.1 Å². The molecule has 0 unspecified atom stereocenters. The van der Waals surface area contributed by atoms with Gasteiger partial charge in [0.05, 0.1) is 0 Å². The largest absolute Gasteiger partial charge is 0.352 e. The summed E-state index contributed by atoms with van der Waals surface area (Å²) in [6, 6.07) is 0.247. The van der Waals surface area contributed by atoms with Gasteiger partial charge in [0.2, 0.25) is 5.95 Å². The molecular formula is C16H29N5O. The molecule has 0 saturated carbocycles. The van der Waals surface area contributed by atoms with Crippen molar-refractivity contribution in [2.45, 2.75) is 83.8 Å². The number of aromatic nitrogens is 3. The Hall–Kier alpha value is -1.43. The van der Waals surface area contributed by atoms with Crippen molar-refractivity contribution in [1.82, 2.24) is 20.5 Å². The van der Waals surface area contributed by atoms with Crippen molar-refractivity contribution in [3.05, 3.63) is 16.0 Å². The molecule has 6 nitrogen and oxygen atoms in total. The Bertz CT molecular complexity index is 581. The van der Waals surface area contributed by atoms with Gasteiger partial charge in [0, 0.05) is 22.5 Å². The molecule has 0 spiro atoms. The number of nitrogens with one attached hydrogen (secondary N) is 3. The molecule has 2 heterocycles. The molecule has 0 radical (unpaired) electrons. The number of aromatic amines is 1. The molecule has 1 fully saturated rings. The van der Waals surface area contributed by atoms with E-state index in [0.29, 0.717) is 11.6 Å². The number of rotatable bonds is 2. The van der Waals surface area contributed by atoms with Gasteiger partial charge in [-0.2, -0.15) is 0 Å². The van der Waals surface area contributed by atoms with Crippen LogP contribution in [0.5, 0.6) is 0 Å². The fourth-order valence-corrected chi connectivity index (χ4v) is 3.51. The monoisotopic (exact) mass is 307 g/mol. The highest BCUT2D eigenvalue weighted by Gasteiger charge is 2.37. The van der Waals surface area contributed by atoms with Gasteiger partial charge in [-0.15, -0.1) is 10.2 Å².